The van der Waals surface area contributed by atoms with Gasteiger partial charge in [-0.15, -0.1) is 0 Å². The molecule has 2 aromatic rings. The number of hydrogen-bond acceptors (Lipinski definition) is 8. The van der Waals surface area contributed by atoms with E-state index in [9.17, 15) is 14.7 Å². The summed E-state index contributed by atoms with van der Waals surface area (Å²) < 4.78 is 14.5. The number of aliphatic hydroxyl groups excluding tert-OH is 3. The SMILES string of the molecule is CO.COC(=O)[C@H](O)CCCc1ccc(OC)cc1.COc1ccc(CCC[C@@H](O)C(=O)O)cc1. The number of carbonyl (C=O) groups excluding carboxylic acids is 1. The Morgan fingerprint density at radius 1 is 0.714 bits per heavy atom. The van der Waals surface area contributed by atoms with Crippen molar-refractivity contribution in [2.45, 2.75) is 50.7 Å². The van der Waals surface area contributed by atoms with E-state index < -0.39 is 24.1 Å². The van der Waals surface area contributed by atoms with Crippen LogP contribution in [-0.2, 0) is 27.2 Å². The van der Waals surface area contributed by atoms with E-state index in [0.29, 0.717) is 12.8 Å². The maximum Gasteiger partial charge on any atom is 0.334 e. The molecule has 0 bridgehead atoms. The van der Waals surface area contributed by atoms with Gasteiger partial charge in [0.15, 0.2) is 12.2 Å². The Bertz CT molecular complexity index is 820. The molecule has 0 unspecified atom stereocenters. The van der Waals surface area contributed by atoms with E-state index in [1.165, 1.54) is 7.11 Å². The fraction of sp³-hybridized carbons (Fsp3) is 0.462. The Morgan fingerprint density at radius 3 is 1.40 bits per heavy atom. The molecule has 4 N–H and O–H groups in total. The molecular formula is C26H38O9. The lowest BCUT2D eigenvalue weighted by molar-refractivity contribution is -0.150. The van der Waals surface area contributed by atoms with Gasteiger partial charge in [-0.05, 0) is 73.9 Å². The van der Waals surface area contributed by atoms with Crippen LogP contribution in [0.1, 0.15) is 36.8 Å². The molecule has 0 saturated carbocycles. The average Bonchev–Trinajstić information content (AvgIpc) is 2.90. The van der Waals surface area contributed by atoms with Gasteiger partial charge in [-0.25, -0.2) is 9.59 Å². The molecule has 2 atom stereocenters. The van der Waals surface area contributed by atoms with Crippen LogP contribution in [-0.4, -0.2) is 73.0 Å². The summed E-state index contributed by atoms with van der Waals surface area (Å²) in [5.41, 5.74) is 2.27. The molecule has 2 rings (SSSR count). The predicted octanol–water partition coefficient (Wildman–Crippen LogP) is 2.62. The molecule has 35 heavy (non-hydrogen) atoms. The molecule has 0 aliphatic rings. The normalized spacial score (nSPS) is 11.5. The summed E-state index contributed by atoms with van der Waals surface area (Å²) in [4.78, 5) is 21.3. The molecule has 0 radical (unpaired) electrons. The topological polar surface area (TPSA) is 143 Å². The first-order valence-electron chi connectivity index (χ1n) is 11.2. The summed E-state index contributed by atoms with van der Waals surface area (Å²) >= 11 is 0. The third kappa shape index (κ3) is 14.0. The number of aliphatic hydroxyl groups is 3. The first kappa shape index (κ1) is 31.9. The Kier molecular flexibility index (Phi) is 17.5. The Balaban J connectivity index is 0.000000618. The van der Waals surface area contributed by atoms with Crippen LogP contribution < -0.4 is 9.47 Å². The molecule has 0 amide bonds. The number of carbonyl (C=O) groups is 2. The molecule has 0 aliphatic carbocycles. The van der Waals surface area contributed by atoms with Crippen molar-refractivity contribution in [2.75, 3.05) is 28.4 Å². The molecule has 9 heteroatoms. The van der Waals surface area contributed by atoms with Crippen LogP contribution in [0.4, 0.5) is 0 Å². The summed E-state index contributed by atoms with van der Waals surface area (Å²) in [5.74, 6) is -0.105. The van der Waals surface area contributed by atoms with Crippen LogP contribution in [0.3, 0.4) is 0 Å². The summed E-state index contributed by atoms with van der Waals surface area (Å²) in [6, 6.07) is 15.3. The van der Waals surface area contributed by atoms with Crippen molar-refractivity contribution in [3.63, 3.8) is 0 Å². The molecule has 9 nitrogen and oxygen atoms in total. The number of aryl methyl sites for hydroxylation is 2. The number of ether oxygens (including phenoxy) is 3. The van der Waals surface area contributed by atoms with Gasteiger partial charge >= 0.3 is 11.9 Å². The van der Waals surface area contributed by atoms with Crippen LogP contribution in [0.15, 0.2) is 48.5 Å². The highest BCUT2D eigenvalue weighted by atomic mass is 16.5. The summed E-state index contributed by atoms with van der Waals surface area (Å²) in [7, 11) is 5.51. The molecule has 0 aromatic heterocycles. The van der Waals surface area contributed by atoms with Crippen LogP contribution in [0, 0.1) is 0 Å². The Hall–Kier alpha value is -3.14. The van der Waals surface area contributed by atoms with E-state index in [-0.39, 0.29) is 6.42 Å². The third-order valence-electron chi connectivity index (χ3n) is 4.96. The Morgan fingerprint density at radius 2 is 1.09 bits per heavy atom. The number of aliphatic carboxylic acids is 1. The number of carboxylic acid groups (broad SMARTS) is 1. The molecule has 0 heterocycles. The largest absolute Gasteiger partial charge is 0.497 e. The van der Waals surface area contributed by atoms with Gasteiger partial charge in [-0.1, -0.05) is 24.3 Å². The van der Waals surface area contributed by atoms with Crippen molar-refractivity contribution < 1.29 is 44.2 Å². The molecule has 0 aliphatic heterocycles. The average molecular weight is 495 g/mol. The van der Waals surface area contributed by atoms with E-state index in [0.717, 1.165) is 49.0 Å². The quantitative estimate of drug-likeness (QED) is 0.327. The summed E-state index contributed by atoms with van der Waals surface area (Å²) in [5, 5.41) is 33.9. The fourth-order valence-electron chi connectivity index (χ4n) is 2.96. The van der Waals surface area contributed by atoms with Gasteiger partial charge in [0.05, 0.1) is 21.3 Å². The lowest BCUT2D eigenvalue weighted by Crippen LogP contribution is -2.21. The highest BCUT2D eigenvalue weighted by Gasteiger charge is 2.14. The fourth-order valence-corrected chi connectivity index (χ4v) is 2.96. The molecule has 196 valence electrons. The van der Waals surface area contributed by atoms with Gasteiger partial charge in [-0.3, -0.25) is 0 Å². The molecule has 2 aromatic carbocycles. The van der Waals surface area contributed by atoms with Gasteiger partial charge in [0, 0.05) is 7.11 Å². The molecule has 0 saturated heterocycles. The Labute approximate surface area is 206 Å². The van der Waals surface area contributed by atoms with Crippen LogP contribution in [0.5, 0.6) is 11.5 Å². The zero-order valence-corrected chi connectivity index (χ0v) is 20.8. The minimum atomic E-state index is -1.25. The van der Waals surface area contributed by atoms with Crippen molar-refractivity contribution >= 4 is 11.9 Å². The molecule has 0 spiro atoms. The highest BCUT2D eigenvalue weighted by molar-refractivity contribution is 5.74. The van der Waals surface area contributed by atoms with Crippen LogP contribution in [0.2, 0.25) is 0 Å². The van der Waals surface area contributed by atoms with Crippen molar-refractivity contribution in [2.24, 2.45) is 0 Å². The number of esters is 1. The van der Waals surface area contributed by atoms with E-state index in [1.807, 2.05) is 48.5 Å². The lowest BCUT2D eigenvalue weighted by atomic mass is 10.1. The third-order valence-corrected chi connectivity index (χ3v) is 4.96. The standard InChI is InChI=1S/C13H18O4.C12H16O4.CH4O/c1-16-11-8-6-10(7-9-11)4-3-5-12(14)13(15)17-2;1-16-10-7-5-9(6-8-10)3-2-4-11(13)12(14)15;1-2/h6-9,12,14H,3-5H2,1-2H3;5-8,11,13H,2-4H2,1H3,(H,14,15);2H,1H3/t12-;11-;/m11./s1. The number of rotatable bonds is 12. The smallest absolute Gasteiger partial charge is 0.334 e. The number of hydrogen-bond donors (Lipinski definition) is 4. The minimum Gasteiger partial charge on any atom is -0.497 e. The zero-order valence-electron chi connectivity index (χ0n) is 20.8. The van der Waals surface area contributed by atoms with Gasteiger partial charge in [0.2, 0.25) is 0 Å². The maximum atomic E-state index is 10.9. The summed E-state index contributed by atoms with van der Waals surface area (Å²) in [6.07, 6.45) is 1.39. The van der Waals surface area contributed by atoms with Gasteiger partial charge < -0.3 is 34.6 Å². The van der Waals surface area contributed by atoms with Crippen LogP contribution in [0.25, 0.3) is 0 Å². The second-order valence-corrected chi connectivity index (χ2v) is 7.37. The molecule has 0 fully saturated rings. The second-order valence-electron chi connectivity index (χ2n) is 7.37. The van der Waals surface area contributed by atoms with Gasteiger partial charge in [-0.2, -0.15) is 0 Å². The first-order chi connectivity index (χ1) is 16.8. The van der Waals surface area contributed by atoms with Crippen molar-refractivity contribution in [3.8, 4) is 11.5 Å². The number of benzene rings is 2. The number of carboxylic acids is 1. The van der Waals surface area contributed by atoms with Gasteiger partial charge in [0.1, 0.15) is 11.5 Å². The van der Waals surface area contributed by atoms with E-state index in [2.05, 4.69) is 4.74 Å². The van der Waals surface area contributed by atoms with E-state index in [1.54, 1.807) is 14.2 Å². The second kappa shape index (κ2) is 19.2. The van der Waals surface area contributed by atoms with Crippen molar-refractivity contribution in [1.82, 2.24) is 0 Å². The lowest BCUT2D eigenvalue weighted by Gasteiger charge is -2.08. The van der Waals surface area contributed by atoms with Crippen molar-refractivity contribution in [1.29, 1.82) is 0 Å². The summed E-state index contributed by atoms with van der Waals surface area (Å²) in [6.45, 7) is 0. The first-order valence-corrected chi connectivity index (χ1v) is 11.2. The number of methoxy groups -OCH3 is 3. The predicted molar refractivity (Wildman–Crippen MR) is 132 cm³/mol. The maximum absolute atomic E-state index is 10.9. The van der Waals surface area contributed by atoms with Crippen LogP contribution >= 0.6 is 0 Å². The minimum absolute atomic E-state index is 0.279. The van der Waals surface area contributed by atoms with Gasteiger partial charge in [0.25, 0.3) is 0 Å². The van der Waals surface area contributed by atoms with E-state index in [4.69, 9.17) is 24.8 Å². The van der Waals surface area contributed by atoms with Crippen molar-refractivity contribution in [3.05, 3.63) is 59.7 Å². The monoisotopic (exact) mass is 494 g/mol. The van der Waals surface area contributed by atoms with E-state index >= 15 is 0 Å². The highest BCUT2D eigenvalue weighted by Crippen LogP contribution is 2.14. The zero-order chi connectivity index (χ0) is 26.6. The molecular weight excluding hydrogens is 456 g/mol.